The smallest absolute Gasteiger partial charge is 0.344 e. The molecule has 2 N–H and O–H groups in total. The normalized spacial score (nSPS) is 10.1. The van der Waals surface area contributed by atoms with Gasteiger partial charge in [0.25, 0.3) is 0 Å². The highest BCUT2D eigenvalue weighted by molar-refractivity contribution is 5.71. The molecule has 4 heteroatoms. The second-order valence-corrected chi connectivity index (χ2v) is 4.69. The Hall–Kier alpha value is -2.49. The molecule has 0 saturated heterocycles. The Morgan fingerprint density at radius 3 is 2.24 bits per heavy atom. The Labute approximate surface area is 124 Å². The summed E-state index contributed by atoms with van der Waals surface area (Å²) in [5, 5.41) is 0. The Kier molecular flexibility index (Phi) is 5.21. The molecule has 0 aliphatic carbocycles. The highest BCUT2D eigenvalue weighted by atomic mass is 16.6. The lowest BCUT2D eigenvalue weighted by Gasteiger charge is -2.07. The lowest BCUT2D eigenvalue weighted by atomic mass is 10.1. The molecule has 2 aromatic carbocycles. The van der Waals surface area contributed by atoms with E-state index in [1.54, 1.807) is 24.3 Å². The van der Waals surface area contributed by atoms with Crippen LogP contribution in [0, 0.1) is 0 Å². The van der Waals surface area contributed by atoms with Crippen molar-refractivity contribution in [1.82, 2.24) is 0 Å². The molecule has 110 valence electrons. The van der Waals surface area contributed by atoms with Gasteiger partial charge in [-0.1, -0.05) is 31.2 Å². The molecule has 0 bridgehead atoms. The first kappa shape index (κ1) is 14.9. The van der Waals surface area contributed by atoms with E-state index >= 15 is 0 Å². The Morgan fingerprint density at radius 1 is 1.00 bits per heavy atom. The molecule has 0 amide bonds. The van der Waals surface area contributed by atoms with Gasteiger partial charge in [0, 0.05) is 5.69 Å². The molecule has 0 aliphatic heterocycles. The van der Waals surface area contributed by atoms with E-state index in [2.05, 4.69) is 6.92 Å². The van der Waals surface area contributed by atoms with E-state index in [1.807, 2.05) is 24.3 Å². The average Bonchev–Trinajstić information content (AvgIpc) is 2.53. The van der Waals surface area contributed by atoms with Crippen molar-refractivity contribution in [2.45, 2.75) is 20.0 Å². The maximum absolute atomic E-state index is 11.6. The lowest BCUT2D eigenvalue weighted by Crippen LogP contribution is -2.14. The third kappa shape index (κ3) is 4.84. The van der Waals surface area contributed by atoms with E-state index in [1.165, 1.54) is 5.56 Å². The van der Waals surface area contributed by atoms with Gasteiger partial charge >= 0.3 is 5.97 Å². The minimum atomic E-state index is -0.397. The van der Waals surface area contributed by atoms with Crippen molar-refractivity contribution in [1.29, 1.82) is 0 Å². The van der Waals surface area contributed by atoms with Crippen LogP contribution in [0.5, 0.6) is 5.75 Å². The van der Waals surface area contributed by atoms with Gasteiger partial charge in [0.2, 0.25) is 0 Å². The van der Waals surface area contributed by atoms with Crippen molar-refractivity contribution in [2.24, 2.45) is 0 Å². The summed E-state index contributed by atoms with van der Waals surface area (Å²) in [6, 6.07) is 14.9. The number of carbonyl (C=O) groups excluding carboxylic acids is 1. The number of ether oxygens (including phenoxy) is 2. The average molecular weight is 285 g/mol. The zero-order chi connectivity index (χ0) is 15.1. The standard InChI is InChI=1S/C17H19NO3/c1-2-13-3-5-14(6-4-13)11-21-17(19)12-20-16-9-7-15(18)8-10-16/h3-10H,2,11-12,18H2,1H3. The number of carbonyl (C=O) groups is 1. The minimum absolute atomic E-state index is 0.114. The summed E-state index contributed by atoms with van der Waals surface area (Å²) in [5.74, 6) is 0.194. The van der Waals surface area contributed by atoms with E-state index in [0.29, 0.717) is 11.4 Å². The van der Waals surface area contributed by atoms with Crippen LogP contribution in [0.1, 0.15) is 18.1 Å². The maximum Gasteiger partial charge on any atom is 0.344 e. The van der Waals surface area contributed by atoms with Crippen molar-refractivity contribution in [3.8, 4) is 5.75 Å². The predicted molar refractivity (Wildman–Crippen MR) is 82.0 cm³/mol. The van der Waals surface area contributed by atoms with Crippen LogP contribution in [0.25, 0.3) is 0 Å². The number of nitrogen functional groups attached to an aromatic ring is 1. The molecule has 0 saturated carbocycles. The summed E-state index contributed by atoms with van der Waals surface area (Å²) in [4.78, 5) is 11.6. The number of rotatable bonds is 6. The quantitative estimate of drug-likeness (QED) is 0.654. The molecule has 0 aromatic heterocycles. The number of benzene rings is 2. The van der Waals surface area contributed by atoms with Gasteiger partial charge < -0.3 is 15.2 Å². The van der Waals surface area contributed by atoms with Crippen LogP contribution >= 0.6 is 0 Å². The molecule has 4 nitrogen and oxygen atoms in total. The van der Waals surface area contributed by atoms with Gasteiger partial charge in [-0.15, -0.1) is 0 Å². The predicted octanol–water partition coefficient (Wildman–Crippen LogP) is 2.95. The van der Waals surface area contributed by atoms with Gasteiger partial charge in [-0.3, -0.25) is 0 Å². The lowest BCUT2D eigenvalue weighted by molar-refractivity contribution is -0.147. The van der Waals surface area contributed by atoms with E-state index in [0.717, 1.165) is 12.0 Å². The number of esters is 1. The van der Waals surface area contributed by atoms with E-state index in [-0.39, 0.29) is 13.2 Å². The molecular formula is C17H19NO3. The van der Waals surface area contributed by atoms with Crippen LogP contribution in [-0.2, 0) is 22.6 Å². The molecule has 2 rings (SSSR count). The zero-order valence-electron chi connectivity index (χ0n) is 12.0. The van der Waals surface area contributed by atoms with Crippen LogP contribution in [0.4, 0.5) is 5.69 Å². The molecule has 0 heterocycles. The van der Waals surface area contributed by atoms with Gasteiger partial charge in [-0.05, 0) is 41.8 Å². The van der Waals surface area contributed by atoms with Crippen molar-refractivity contribution < 1.29 is 14.3 Å². The van der Waals surface area contributed by atoms with Crippen molar-refractivity contribution in [3.63, 3.8) is 0 Å². The largest absolute Gasteiger partial charge is 0.482 e. The molecule has 0 aliphatic rings. The second-order valence-electron chi connectivity index (χ2n) is 4.69. The first-order chi connectivity index (χ1) is 10.2. The van der Waals surface area contributed by atoms with Crippen molar-refractivity contribution in [2.75, 3.05) is 12.3 Å². The highest BCUT2D eigenvalue weighted by Crippen LogP contribution is 2.13. The summed E-state index contributed by atoms with van der Waals surface area (Å²) in [5.41, 5.74) is 8.45. The fourth-order valence-corrected chi connectivity index (χ4v) is 1.78. The van der Waals surface area contributed by atoms with Crippen LogP contribution < -0.4 is 10.5 Å². The van der Waals surface area contributed by atoms with Crippen LogP contribution in [0.2, 0.25) is 0 Å². The summed E-state index contributed by atoms with van der Waals surface area (Å²) >= 11 is 0. The van der Waals surface area contributed by atoms with Gasteiger partial charge in [0.15, 0.2) is 6.61 Å². The van der Waals surface area contributed by atoms with Crippen LogP contribution in [0.15, 0.2) is 48.5 Å². The number of hydrogen-bond donors (Lipinski definition) is 1. The molecule has 0 fully saturated rings. The van der Waals surface area contributed by atoms with E-state index in [4.69, 9.17) is 15.2 Å². The Morgan fingerprint density at radius 2 is 1.62 bits per heavy atom. The van der Waals surface area contributed by atoms with E-state index < -0.39 is 5.97 Å². The Balaban J connectivity index is 1.75. The third-order valence-corrected chi connectivity index (χ3v) is 3.07. The number of aryl methyl sites for hydroxylation is 1. The van der Waals surface area contributed by atoms with Gasteiger partial charge in [0.05, 0.1) is 0 Å². The topological polar surface area (TPSA) is 61.5 Å². The first-order valence-electron chi connectivity index (χ1n) is 6.89. The van der Waals surface area contributed by atoms with Gasteiger partial charge in [-0.25, -0.2) is 4.79 Å². The van der Waals surface area contributed by atoms with Crippen molar-refractivity contribution >= 4 is 11.7 Å². The molecule has 21 heavy (non-hydrogen) atoms. The number of anilines is 1. The summed E-state index contributed by atoms with van der Waals surface area (Å²) < 4.78 is 10.5. The minimum Gasteiger partial charge on any atom is -0.482 e. The molecule has 0 unspecified atom stereocenters. The summed E-state index contributed by atoms with van der Waals surface area (Å²) in [7, 11) is 0. The monoisotopic (exact) mass is 285 g/mol. The maximum atomic E-state index is 11.6. The number of hydrogen-bond acceptors (Lipinski definition) is 4. The molecule has 2 aromatic rings. The summed E-state index contributed by atoms with van der Waals surface area (Å²) in [6.07, 6.45) is 0.996. The van der Waals surface area contributed by atoms with Gasteiger partial charge in [-0.2, -0.15) is 0 Å². The second kappa shape index (κ2) is 7.33. The third-order valence-electron chi connectivity index (χ3n) is 3.07. The number of nitrogens with two attached hydrogens (primary N) is 1. The van der Waals surface area contributed by atoms with Crippen LogP contribution in [0.3, 0.4) is 0 Å². The summed E-state index contributed by atoms with van der Waals surface area (Å²) in [6.45, 7) is 2.24. The highest BCUT2D eigenvalue weighted by Gasteiger charge is 2.05. The first-order valence-corrected chi connectivity index (χ1v) is 6.89. The van der Waals surface area contributed by atoms with Gasteiger partial charge in [0.1, 0.15) is 12.4 Å². The van der Waals surface area contributed by atoms with Crippen LogP contribution in [-0.4, -0.2) is 12.6 Å². The zero-order valence-corrected chi connectivity index (χ0v) is 12.0. The molecule has 0 radical (unpaired) electrons. The molecular weight excluding hydrogens is 266 g/mol. The Bertz CT molecular complexity index is 576. The van der Waals surface area contributed by atoms with E-state index in [9.17, 15) is 4.79 Å². The SMILES string of the molecule is CCc1ccc(COC(=O)COc2ccc(N)cc2)cc1. The molecule has 0 spiro atoms. The molecule has 0 atom stereocenters. The van der Waals surface area contributed by atoms with Crippen molar-refractivity contribution in [3.05, 3.63) is 59.7 Å². The fourth-order valence-electron chi connectivity index (χ4n) is 1.78. The fraction of sp³-hybridized carbons (Fsp3) is 0.235.